The van der Waals surface area contributed by atoms with Crippen LogP contribution < -0.4 is 0 Å². The van der Waals surface area contributed by atoms with Crippen molar-refractivity contribution in [2.45, 2.75) is 18.9 Å². The van der Waals surface area contributed by atoms with Crippen LogP contribution in [0.15, 0.2) is 18.2 Å². The van der Waals surface area contributed by atoms with Gasteiger partial charge in [-0.05, 0) is 37.0 Å². The Balaban J connectivity index is 1.36. The molecule has 2 heterocycles. The fourth-order valence-corrected chi connectivity index (χ4v) is 3.64. The van der Waals surface area contributed by atoms with Crippen molar-refractivity contribution < 1.29 is 9.90 Å². The first-order valence-electron chi connectivity index (χ1n) is 8.13. The standard InChI is InChI=1S/C16H20N4O2S/c21-15(11-1-2-11)10-19-5-7-20(8-6-19)16(22)12-3-4-13-14(9-12)18-23-17-13/h3-4,9,11,15,21H,1-2,5-8,10H2. The van der Waals surface area contributed by atoms with Gasteiger partial charge in [-0.3, -0.25) is 9.69 Å². The number of aliphatic hydroxyl groups excluding tert-OH is 1. The summed E-state index contributed by atoms with van der Waals surface area (Å²) in [6.45, 7) is 3.82. The van der Waals surface area contributed by atoms with E-state index in [0.717, 1.165) is 43.5 Å². The molecule has 1 aliphatic carbocycles. The second-order valence-corrected chi connectivity index (χ2v) is 6.99. The van der Waals surface area contributed by atoms with Gasteiger partial charge < -0.3 is 10.0 Å². The number of carbonyl (C=O) groups is 1. The molecular formula is C16H20N4O2S. The molecule has 1 aromatic heterocycles. The lowest BCUT2D eigenvalue weighted by Gasteiger charge is -2.35. The summed E-state index contributed by atoms with van der Waals surface area (Å²) in [4.78, 5) is 16.8. The highest BCUT2D eigenvalue weighted by atomic mass is 32.1. The van der Waals surface area contributed by atoms with Crippen molar-refractivity contribution in [3.05, 3.63) is 23.8 Å². The Labute approximate surface area is 139 Å². The van der Waals surface area contributed by atoms with E-state index in [0.29, 0.717) is 24.6 Å². The maximum Gasteiger partial charge on any atom is 0.254 e. The Bertz CT molecular complexity index is 707. The Hall–Kier alpha value is -1.57. The van der Waals surface area contributed by atoms with Gasteiger partial charge in [0.1, 0.15) is 11.0 Å². The maximum atomic E-state index is 12.6. The van der Waals surface area contributed by atoms with Gasteiger partial charge in [0, 0.05) is 38.3 Å². The van der Waals surface area contributed by atoms with Crippen LogP contribution in [0.2, 0.25) is 0 Å². The van der Waals surface area contributed by atoms with E-state index < -0.39 is 0 Å². The molecule has 2 fully saturated rings. The summed E-state index contributed by atoms with van der Waals surface area (Å²) in [5, 5.41) is 10.0. The quantitative estimate of drug-likeness (QED) is 0.912. The zero-order valence-corrected chi connectivity index (χ0v) is 13.7. The maximum absolute atomic E-state index is 12.6. The number of piperazine rings is 1. The van der Waals surface area contributed by atoms with Crippen LogP contribution in [0.25, 0.3) is 11.0 Å². The van der Waals surface area contributed by atoms with E-state index >= 15 is 0 Å². The molecule has 1 amide bonds. The van der Waals surface area contributed by atoms with Crippen LogP contribution >= 0.6 is 11.7 Å². The predicted octanol–water partition coefficient (Wildman–Crippen LogP) is 1.22. The minimum atomic E-state index is -0.197. The molecule has 23 heavy (non-hydrogen) atoms. The molecule has 4 rings (SSSR count). The lowest BCUT2D eigenvalue weighted by atomic mass is 10.1. The number of hydrogen-bond acceptors (Lipinski definition) is 6. The first-order chi connectivity index (χ1) is 11.2. The average Bonchev–Trinajstić information content (AvgIpc) is 3.32. The fourth-order valence-electron chi connectivity index (χ4n) is 3.13. The van der Waals surface area contributed by atoms with Crippen molar-refractivity contribution in [2.75, 3.05) is 32.7 Å². The second kappa shape index (κ2) is 6.14. The molecule has 1 unspecified atom stereocenters. The van der Waals surface area contributed by atoms with Crippen molar-refractivity contribution in [2.24, 2.45) is 5.92 Å². The van der Waals surface area contributed by atoms with Gasteiger partial charge in [-0.2, -0.15) is 8.75 Å². The number of aromatic nitrogens is 2. The first kappa shape index (κ1) is 15.0. The summed E-state index contributed by atoms with van der Waals surface area (Å²) in [6.07, 6.45) is 2.12. The number of hydrogen-bond donors (Lipinski definition) is 1. The molecule has 1 aromatic carbocycles. The van der Waals surface area contributed by atoms with Crippen LogP contribution in [0, 0.1) is 5.92 Å². The van der Waals surface area contributed by atoms with Gasteiger partial charge in [-0.1, -0.05) is 0 Å². The molecule has 1 N–H and O–H groups in total. The second-order valence-electron chi connectivity index (χ2n) is 6.47. The smallest absolute Gasteiger partial charge is 0.254 e. The van der Waals surface area contributed by atoms with Gasteiger partial charge in [0.2, 0.25) is 0 Å². The lowest BCUT2D eigenvalue weighted by molar-refractivity contribution is 0.0489. The molecule has 122 valence electrons. The highest BCUT2D eigenvalue weighted by molar-refractivity contribution is 7.00. The molecule has 1 aliphatic heterocycles. The van der Waals surface area contributed by atoms with Crippen LogP contribution in [-0.2, 0) is 0 Å². The number of benzene rings is 1. The van der Waals surface area contributed by atoms with E-state index in [2.05, 4.69) is 13.6 Å². The van der Waals surface area contributed by atoms with Gasteiger partial charge in [-0.15, -0.1) is 0 Å². The van der Waals surface area contributed by atoms with E-state index in [9.17, 15) is 9.90 Å². The van der Waals surface area contributed by atoms with Gasteiger partial charge in [0.15, 0.2) is 0 Å². The molecule has 2 aromatic rings. The molecule has 1 saturated carbocycles. The molecule has 0 spiro atoms. The number of fused-ring (bicyclic) bond motifs is 1. The molecule has 1 saturated heterocycles. The third-order valence-electron chi connectivity index (χ3n) is 4.77. The summed E-state index contributed by atoms with van der Waals surface area (Å²) in [5.74, 6) is 0.565. The SMILES string of the molecule is O=C(c1ccc2nsnc2c1)N1CCN(CC(O)C2CC2)CC1. The fraction of sp³-hybridized carbons (Fsp3) is 0.562. The Kier molecular flexibility index (Phi) is 4.00. The summed E-state index contributed by atoms with van der Waals surface area (Å²) < 4.78 is 8.36. The van der Waals surface area contributed by atoms with E-state index in [1.165, 1.54) is 11.7 Å². The normalized spacial score (nSPS) is 20.8. The van der Waals surface area contributed by atoms with E-state index in [-0.39, 0.29) is 12.0 Å². The zero-order valence-electron chi connectivity index (χ0n) is 12.9. The van der Waals surface area contributed by atoms with Crippen LogP contribution in [0.5, 0.6) is 0 Å². The molecule has 0 bridgehead atoms. The van der Waals surface area contributed by atoms with E-state index in [1.54, 1.807) is 0 Å². The molecule has 0 radical (unpaired) electrons. The molecule has 2 aliphatic rings. The van der Waals surface area contributed by atoms with Crippen molar-refractivity contribution in [1.82, 2.24) is 18.5 Å². The number of amides is 1. The third-order valence-corrected chi connectivity index (χ3v) is 5.33. The highest BCUT2D eigenvalue weighted by Gasteiger charge is 2.32. The topological polar surface area (TPSA) is 69.6 Å². The molecule has 6 nitrogen and oxygen atoms in total. The minimum Gasteiger partial charge on any atom is -0.392 e. The van der Waals surface area contributed by atoms with Crippen molar-refractivity contribution in [3.8, 4) is 0 Å². The predicted molar refractivity (Wildman–Crippen MR) is 88.5 cm³/mol. The summed E-state index contributed by atoms with van der Waals surface area (Å²) >= 11 is 1.17. The van der Waals surface area contributed by atoms with Gasteiger partial charge in [0.05, 0.1) is 17.8 Å². The Morgan fingerprint density at radius 3 is 2.70 bits per heavy atom. The molecule has 1 atom stereocenters. The average molecular weight is 332 g/mol. The van der Waals surface area contributed by atoms with Crippen LogP contribution in [0.4, 0.5) is 0 Å². The largest absolute Gasteiger partial charge is 0.392 e. The third kappa shape index (κ3) is 3.22. The van der Waals surface area contributed by atoms with Gasteiger partial charge in [0.25, 0.3) is 5.91 Å². The van der Waals surface area contributed by atoms with Gasteiger partial charge in [-0.25, -0.2) is 0 Å². The zero-order chi connectivity index (χ0) is 15.8. The van der Waals surface area contributed by atoms with Crippen molar-refractivity contribution in [3.63, 3.8) is 0 Å². The number of carbonyl (C=O) groups excluding carboxylic acids is 1. The minimum absolute atomic E-state index is 0.0577. The van der Waals surface area contributed by atoms with E-state index in [4.69, 9.17) is 0 Å². The van der Waals surface area contributed by atoms with Crippen molar-refractivity contribution >= 4 is 28.7 Å². The van der Waals surface area contributed by atoms with E-state index in [1.807, 2.05) is 23.1 Å². The van der Waals surface area contributed by atoms with Crippen LogP contribution in [0.3, 0.4) is 0 Å². The summed E-state index contributed by atoms with van der Waals surface area (Å²) in [6, 6.07) is 5.51. The van der Waals surface area contributed by atoms with Gasteiger partial charge >= 0.3 is 0 Å². The molecular weight excluding hydrogens is 312 g/mol. The van der Waals surface area contributed by atoms with Crippen LogP contribution in [0.1, 0.15) is 23.2 Å². The van der Waals surface area contributed by atoms with Crippen LogP contribution in [-0.4, -0.2) is 68.4 Å². The summed E-state index contributed by atoms with van der Waals surface area (Å²) in [5.41, 5.74) is 2.30. The number of β-amino-alcohol motifs (C(OH)–C–C–N with tert-alkyl or cyclic N) is 1. The Morgan fingerprint density at radius 1 is 1.22 bits per heavy atom. The number of nitrogens with zero attached hydrogens (tertiary/aromatic N) is 4. The highest BCUT2D eigenvalue weighted by Crippen LogP contribution is 2.32. The first-order valence-corrected chi connectivity index (χ1v) is 8.86. The lowest BCUT2D eigenvalue weighted by Crippen LogP contribution is -2.50. The number of rotatable bonds is 4. The summed E-state index contributed by atoms with van der Waals surface area (Å²) in [7, 11) is 0. The Morgan fingerprint density at radius 2 is 1.96 bits per heavy atom. The monoisotopic (exact) mass is 332 g/mol. The molecule has 7 heteroatoms. The van der Waals surface area contributed by atoms with Crippen molar-refractivity contribution in [1.29, 1.82) is 0 Å². The number of aliphatic hydroxyl groups is 1.